The highest BCUT2D eigenvalue weighted by Gasteiger charge is 2.26. The zero-order chi connectivity index (χ0) is 16.2. The highest BCUT2D eigenvalue weighted by atomic mass is 32.1. The van der Waals surface area contributed by atoms with Crippen LogP contribution in [0.4, 0.5) is 5.69 Å². The van der Waals surface area contributed by atoms with Gasteiger partial charge in [-0.2, -0.15) is 0 Å². The number of aromatic nitrogens is 1. The molecule has 0 bridgehead atoms. The van der Waals surface area contributed by atoms with Crippen molar-refractivity contribution < 1.29 is 9.59 Å². The molecule has 1 aliphatic rings. The van der Waals surface area contributed by atoms with Crippen LogP contribution in [-0.2, 0) is 9.59 Å². The number of anilines is 1. The molecule has 120 valence electrons. The number of piperidine rings is 1. The number of nitrogens with one attached hydrogen (secondary N) is 1. The SMILES string of the molecule is CC(=O)N1CCC(C(=O)Nc2cccc(-c3nccs3)c2)CC1. The summed E-state index contributed by atoms with van der Waals surface area (Å²) in [5.41, 5.74) is 1.79. The Labute approximate surface area is 139 Å². The second-order valence-corrected chi connectivity index (χ2v) is 6.58. The number of hydrogen-bond acceptors (Lipinski definition) is 4. The molecule has 2 aromatic rings. The Hall–Kier alpha value is -2.21. The Morgan fingerprint density at radius 3 is 2.74 bits per heavy atom. The van der Waals surface area contributed by atoms with Crippen LogP contribution >= 0.6 is 11.3 Å². The monoisotopic (exact) mass is 329 g/mol. The second kappa shape index (κ2) is 6.91. The first-order valence-corrected chi connectivity index (χ1v) is 8.58. The zero-order valence-electron chi connectivity index (χ0n) is 13.0. The van der Waals surface area contributed by atoms with Crippen molar-refractivity contribution in [3.8, 4) is 10.6 Å². The van der Waals surface area contributed by atoms with E-state index in [2.05, 4.69) is 10.3 Å². The quantitative estimate of drug-likeness (QED) is 0.941. The molecule has 0 spiro atoms. The van der Waals surface area contributed by atoms with Crippen LogP contribution in [0.1, 0.15) is 19.8 Å². The van der Waals surface area contributed by atoms with Crippen molar-refractivity contribution in [3.63, 3.8) is 0 Å². The van der Waals surface area contributed by atoms with Gasteiger partial charge in [-0.25, -0.2) is 4.98 Å². The first-order chi connectivity index (χ1) is 11.1. The molecule has 23 heavy (non-hydrogen) atoms. The molecule has 0 aliphatic carbocycles. The molecular weight excluding hydrogens is 310 g/mol. The van der Waals surface area contributed by atoms with E-state index in [1.165, 1.54) is 0 Å². The van der Waals surface area contributed by atoms with Gasteiger partial charge in [-0.1, -0.05) is 12.1 Å². The van der Waals surface area contributed by atoms with Gasteiger partial charge < -0.3 is 10.2 Å². The lowest BCUT2D eigenvalue weighted by molar-refractivity contribution is -0.132. The van der Waals surface area contributed by atoms with E-state index in [9.17, 15) is 9.59 Å². The summed E-state index contributed by atoms with van der Waals surface area (Å²) in [5, 5.41) is 5.87. The van der Waals surface area contributed by atoms with Crippen molar-refractivity contribution in [2.75, 3.05) is 18.4 Å². The molecule has 0 saturated carbocycles. The molecule has 0 unspecified atom stereocenters. The summed E-state index contributed by atoms with van der Waals surface area (Å²) < 4.78 is 0. The summed E-state index contributed by atoms with van der Waals surface area (Å²) in [7, 11) is 0. The lowest BCUT2D eigenvalue weighted by Gasteiger charge is -2.30. The lowest BCUT2D eigenvalue weighted by atomic mass is 9.95. The predicted molar refractivity (Wildman–Crippen MR) is 91.2 cm³/mol. The van der Waals surface area contributed by atoms with E-state index in [-0.39, 0.29) is 17.7 Å². The molecule has 0 radical (unpaired) electrons. The molecule has 1 aliphatic heterocycles. The summed E-state index contributed by atoms with van der Waals surface area (Å²) in [6, 6.07) is 7.74. The van der Waals surface area contributed by atoms with Crippen LogP contribution in [0.5, 0.6) is 0 Å². The van der Waals surface area contributed by atoms with Gasteiger partial charge in [-0.05, 0) is 25.0 Å². The van der Waals surface area contributed by atoms with Crippen molar-refractivity contribution >= 4 is 28.8 Å². The van der Waals surface area contributed by atoms with Crippen molar-refractivity contribution in [2.45, 2.75) is 19.8 Å². The second-order valence-electron chi connectivity index (χ2n) is 5.69. The Kier molecular flexibility index (Phi) is 4.71. The van der Waals surface area contributed by atoms with Gasteiger partial charge in [0.15, 0.2) is 0 Å². The summed E-state index contributed by atoms with van der Waals surface area (Å²) in [6.45, 7) is 2.89. The molecule has 1 saturated heterocycles. The average molecular weight is 329 g/mol. The zero-order valence-corrected chi connectivity index (χ0v) is 13.8. The van der Waals surface area contributed by atoms with E-state index in [0.717, 1.165) is 29.1 Å². The van der Waals surface area contributed by atoms with E-state index in [4.69, 9.17) is 0 Å². The van der Waals surface area contributed by atoms with Crippen LogP contribution in [0, 0.1) is 5.92 Å². The standard InChI is InChI=1S/C17H19N3O2S/c1-12(21)20-8-5-13(6-9-20)16(22)19-15-4-2-3-14(11-15)17-18-7-10-23-17/h2-4,7,10-11,13H,5-6,8-9H2,1H3,(H,19,22). The molecule has 2 amide bonds. The maximum atomic E-state index is 12.4. The number of carbonyl (C=O) groups excluding carboxylic acids is 2. The van der Waals surface area contributed by atoms with Crippen molar-refractivity contribution in [1.29, 1.82) is 0 Å². The average Bonchev–Trinajstić information content (AvgIpc) is 3.10. The van der Waals surface area contributed by atoms with Gasteiger partial charge in [0.2, 0.25) is 11.8 Å². The topological polar surface area (TPSA) is 62.3 Å². The number of nitrogens with zero attached hydrogens (tertiary/aromatic N) is 2. The van der Waals surface area contributed by atoms with Crippen LogP contribution in [-0.4, -0.2) is 34.8 Å². The van der Waals surface area contributed by atoms with E-state index in [1.807, 2.05) is 29.6 Å². The van der Waals surface area contributed by atoms with Crippen LogP contribution in [0.15, 0.2) is 35.8 Å². The maximum Gasteiger partial charge on any atom is 0.227 e. The molecule has 0 atom stereocenters. The first kappa shape index (κ1) is 15.7. The van der Waals surface area contributed by atoms with Crippen molar-refractivity contribution in [2.24, 2.45) is 5.92 Å². The van der Waals surface area contributed by atoms with Crippen LogP contribution in [0.2, 0.25) is 0 Å². The number of benzene rings is 1. The molecule has 1 aromatic carbocycles. The minimum atomic E-state index is -0.0332. The summed E-state index contributed by atoms with van der Waals surface area (Å²) in [6.07, 6.45) is 3.21. The number of thiazole rings is 1. The molecule has 1 aromatic heterocycles. The smallest absolute Gasteiger partial charge is 0.227 e. The van der Waals surface area contributed by atoms with Gasteiger partial charge in [0.05, 0.1) is 0 Å². The highest BCUT2D eigenvalue weighted by molar-refractivity contribution is 7.13. The minimum absolute atomic E-state index is 0.0319. The summed E-state index contributed by atoms with van der Waals surface area (Å²) >= 11 is 1.57. The minimum Gasteiger partial charge on any atom is -0.343 e. The number of carbonyl (C=O) groups is 2. The number of rotatable bonds is 3. The third-order valence-corrected chi connectivity index (χ3v) is 4.94. The number of amides is 2. The highest BCUT2D eigenvalue weighted by Crippen LogP contribution is 2.25. The predicted octanol–water partition coefficient (Wildman–Crippen LogP) is 3.01. The van der Waals surface area contributed by atoms with Crippen LogP contribution < -0.4 is 5.32 Å². The molecule has 6 heteroatoms. The largest absolute Gasteiger partial charge is 0.343 e. The van der Waals surface area contributed by atoms with Crippen LogP contribution in [0.25, 0.3) is 10.6 Å². The fourth-order valence-electron chi connectivity index (χ4n) is 2.80. The van der Waals surface area contributed by atoms with Crippen molar-refractivity contribution in [3.05, 3.63) is 35.8 Å². The van der Waals surface area contributed by atoms with E-state index in [1.54, 1.807) is 29.4 Å². The summed E-state index contributed by atoms with van der Waals surface area (Å²) in [5.74, 6) is 0.0821. The molecule has 3 rings (SSSR count). The van der Waals surface area contributed by atoms with Crippen LogP contribution in [0.3, 0.4) is 0 Å². The van der Waals surface area contributed by atoms with Gasteiger partial charge >= 0.3 is 0 Å². The van der Waals surface area contributed by atoms with Gasteiger partial charge in [-0.3, -0.25) is 9.59 Å². The normalized spacial score (nSPS) is 15.4. The first-order valence-electron chi connectivity index (χ1n) is 7.70. The molecule has 5 nitrogen and oxygen atoms in total. The van der Waals surface area contributed by atoms with Crippen molar-refractivity contribution in [1.82, 2.24) is 9.88 Å². The van der Waals surface area contributed by atoms with E-state index >= 15 is 0 Å². The Morgan fingerprint density at radius 1 is 1.30 bits per heavy atom. The number of hydrogen-bond donors (Lipinski definition) is 1. The van der Waals surface area contributed by atoms with Gasteiger partial charge in [0.25, 0.3) is 0 Å². The Morgan fingerprint density at radius 2 is 2.09 bits per heavy atom. The maximum absolute atomic E-state index is 12.4. The van der Waals surface area contributed by atoms with E-state index < -0.39 is 0 Å². The fourth-order valence-corrected chi connectivity index (χ4v) is 3.43. The molecule has 2 heterocycles. The Balaban J connectivity index is 1.62. The third-order valence-electron chi connectivity index (χ3n) is 4.12. The van der Waals surface area contributed by atoms with E-state index in [0.29, 0.717) is 13.1 Å². The molecular formula is C17H19N3O2S. The third kappa shape index (κ3) is 3.76. The fraction of sp³-hybridized carbons (Fsp3) is 0.353. The van der Waals surface area contributed by atoms with Gasteiger partial charge in [0.1, 0.15) is 5.01 Å². The molecule has 1 fully saturated rings. The summed E-state index contributed by atoms with van der Waals surface area (Å²) in [4.78, 5) is 29.8. The number of likely N-dealkylation sites (tertiary alicyclic amines) is 1. The Bertz CT molecular complexity index is 692. The molecule has 1 N–H and O–H groups in total. The lowest BCUT2D eigenvalue weighted by Crippen LogP contribution is -2.40. The van der Waals surface area contributed by atoms with Gasteiger partial charge in [-0.15, -0.1) is 11.3 Å². The van der Waals surface area contributed by atoms with Gasteiger partial charge in [0, 0.05) is 48.8 Å².